The van der Waals surface area contributed by atoms with Gasteiger partial charge in [0.2, 0.25) is 0 Å². The number of carboxylic acids is 1. The molecule has 0 saturated heterocycles. The topological polar surface area (TPSA) is 127 Å². The van der Waals surface area contributed by atoms with Gasteiger partial charge >= 0.3 is 5.97 Å². The van der Waals surface area contributed by atoms with Crippen LogP contribution in [0.5, 0.6) is 0 Å². The largest absolute Gasteiger partial charge is 0.481 e. The fourth-order valence-electron chi connectivity index (χ4n) is 3.37. The molecule has 0 aliphatic heterocycles. The van der Waals surface area contributed by atoms with Gasteiger partial charge in [-0.25, -0.2) is 4.68 Å². The van der Waals surface area contributed by atoms with Gasteiger partial charge in [-0.05, 0) is 25.0 Å². The highest BCUT2D eigenvalue weighted by molar-refractivity contribution is 5.92. The summed E-state index contributed by atoms with van der Waals surface area (Å²) in [6.45, 7) is 0.0604. The molecule has 1 aromatic carbocycles. The highest BCUT2D eigenvalue weighted by atomic mass is 16.6. The minimum Gasteiger partial charge on any atom is -0.481 e. The number of nitro benzene ring substituents is 1. The average Bonchev–Trinajstić information content (AvgIpc) is 3.17. The molecule has 1 saturated carbocycles. The summed E-state index contributed by atoms with van der Waals surface area (Å²) in [6.07, 6.45) is 5.31. The van der Waals surface area contributed by atoms with Crippen LogP contribution >= 0.6 is 0 Å². The molecular formula is C18H20N4O5. The van der Waals surface area contributed by atoms with Crippen molar-refractivity contribution in [3.8, 4) is 5.69 Å². The second-order valence-electron chi connectivity index (χ2n) is 6.75. The number of nitro groups is 1. The summed E-state index contributed by atoms with van der Waals surface area (Å²) in [5, 5.41) is 27.3. The predicted molar refractivity (Wildman–Crippen MR) is 95.7 cm³/mol. The Morgan fingerprint density at radius 2 is 2.00 bits per heavy atom. The van der Waals surface area contributed by atoms with E-state index in [2.05, 4.69) is 10.4 Å². The van der Waals surface area contributed by atoms with Gasteiger partial charge in [-0.1, -0.05) is 25.3 Å². The smallest absolute Gasteiger partial charge is 0.311 e. The summed E-state index contributed by atoms with van der Waals surface area (Å²) in [7, 11) is 0. The molecular weight excluding hydrogens is 352 g/mol. The molecule has 1 aliphatic rings. The third-order valence-corrected chi connectivity index (χ3v) is 4.98. The maximum absolute atomic E-state index is 12.4. The summed E-state index contributed by atoms with van der Waals surface area (Å²) in [5.41, 5.74) is -0.415. The van der Waals surface area contributed by atoms with Gasteiger partial charge in [0.05, 0.1) is 16.0 Å². The van der Waals surface area contributed by atoms with E-state index in [-0.39, 0.29) is 17.9 Å². The fraction of sp³-hybridized carbons (Fsp3) is 0.389. The van der Waals surface area contributed by atoms with E-state index < -0.39 is 22.2 Å². The molecule has 142 valence electrons. The van der Waals surface area contributed by atoms with Crippen molar-refractivity contribution < 1.29 is 19.6 Å². The molecule has 0 unspecified atom stereocenters. The lowest BCUT2D eigenvalue weighted by molar-refractivity contribution is -0.384. The Morgan fingerprint density at radius 1 is 1.26 bits per heavy atom. The number of amides is 1. The van der Waals surface area contributed by atoms with Gasteiger partial charge in [-0.15, -0.1) is 0 Å². The molecule has 0 bridgehead atoms. The van der Waals surface area contributed by atoms with E-state index in [1.807, 2.05) is 0 Å². The van der Waals surface area contributed by atoms with Crippen LogP contribution in [0.4, 0.5) is 5.69 Å². The first-order valence-corrected chi connectivity index (χ1v) is 8.73. The molecule has 3 rings (SSSR count). The second-order valence-corrected chi connectivity index (χ2v) is 6.75. The number of carbonyl (C=O) groups is 2. The zero-order valence-corrected chi connectivity index (χ0v) is 14.6. The third-order valence-electron chi connectivity index (χ3n) is 4.98. The molecule has 9 heteroatoms. The third kappa shape index (κ3) is 3.97. The van der Waals surface area contributed by atoms with E-state index in [9.17, 15) is 24.8 Å². The Bertz CT molecular complexity index is 870. The van der Waals surface area contributed by atoms with E-state index in [1.165, 1.54) is 35.1 Å². The van der Waals surface area contributed by atoms with E-state index in [1.54, 1.807) is 6.07 Å². The number of carbonyl (C=O) groups excluding carboxylic acids is 1. The van der Waals surface area contributed by atoms with Crippen LogP contribution in [0.2, 0.25) is 0 Å². The molecule has 1 fully saturated rings. The van der Waals surface area contributed by atoms with Crippen molar-refractivity contribution in [2.24, 2.45) is 5.41 Å². The van der Waals surface area contributed by atoms with Gasteiger partial charge in [-0.2, -0.15) is 5.10 Å². The lowest BCUT2D eigenvalue weighted by atomic mass is 9.74. The van der Waals surface area contributed by atoms with Crippen molar-refractivity contribution in [3.05, 3.63) is 52.3 Å². The maximum atomic E-state index is 12.4. The zero-order valence-electron chi connectivity index (χ0n) is 14.6. The number of carboxylic acid groups (broad SMARTS) is 1. The molecule has 2 aromatic rings. The summed E-state index contributed by atoms with van der Waals surface area (Å²) in [6, 6.07) is 7.40. The Morgan fingerprint density at radius 3 is 2.67 bits per heavy atom. The molecule has 1 aliphatic carbocycles. The summed E-state index contributed by atoms with van der Waals surface area (Å²) < 4.78 is 1.37. The minimum absolute atomic E-state index is 0.0604. The number of hydrogen-bond donors (Lipinski definition) is 2. The first-order valence-electron chi connectivity index (χ1n) is 8.73. The van der Waals surface area contributed by atoms with Crippen LogP contribution in [0.15, 0.2) is 36.5 Å². The number of aromatic nitrogens is 2. The normalized spacial score (nSPS) is 15.9. The van der Waals surface area contributed by atoms with Crippen molar-refractivity contribution in [3.63, 3.8) is 0 Å². The highest BCUT2D eigenvalue weighted by Crippen LogP contribution is 2.36. The van der Waals surface area contributed by atoms with Crippen molar-refractivity contribution in [2.45, 2.75) is 32.1 Å². The number of nitrogens with zero attached hydrogens (tertiary/aromatic N) is 3. The second kappa shape index (κ2) is 7.56. The first kappa shape index (κ1) is 18.6. The van der Waals surface area contributed by atoms with E-state index in [0.29, 0.717) is 18.5 Å². The van der Waals surface area contributed by atoms with Gasteiger partial charge < -0.3 is 10.4 Å². The van der Waals surface area contributed by atoms with Crippen LogP contribution in [0.25, 0.3) is 5.69 Å². The SMILES string of the molecule is O=C(NCC1(C(=O)O)CCCCC1)c1ccn(-c2cccc([N+](=O)[O-])c2)n1. The van der Waals surface area contributed by atoms with Gasteiger partial charge in [-0.3, -0.25) is 19.7 Å². The number of rotatable bonds is 6. The Kier molecular flexibility index (Phi) is 5.20. The highest BCUT2D eigenvalue weighted by Gasteiger charge is 2.39. The number of nitrogens with one attached hydrogen (secondary N) is 1. The van der Waals surface area contributed by atoms with E-state index in [0.717, 1.165) is 19.3 Å². The van der Waals surface area contributed by atoms with Gasteiger partial charge in [0, 0.05) is 24.9 Å². The van der Waals surface area contributed by atoms with Crippen LogP contribution in [-0.2, 0) is 4.79 Å². The van der Waals surface area contributed by atoms with E-state index in [4.69, 9.17) is 0 Å². The maximum Gasteiger partial charge on any atom is 0.311 e. The van der Waals surface area contributed by atoms with Crippen LogP contribution in [0.1, 0.15) is 42.6 Å². The molecule has 0 atom stereocenters. The number of hydrogen-bond acceptors (Lipinski definition) is 5. The average molecular weight is 372 g/mol. The summed E-state index contributed by atoms with van der Waals surface area (Å²) in [5.74, 6) is -1.35. The van der Waals surface area contributed by atoms with Crippen molar-refractivity contribution in [1.29, 1.82) is 0 Å². The standard InChI is InChI=1S/C18H20N4O5/c23-16(19-12-18(17(24)25)8-2-1-3-9-18)15-7-10-21(20-15)13-5-4-6-14(11-13)22(26)27/h4-7,10-11H,1-3,8-9,12H2,(H,19,23)(H,24,25). The van der Waals surface area contributed by atoms with Gasteiger partial charge in [0.15, 0.2) is 5.69 Å². The van der Waals surface area contributed by atoms with E-state index >= 15 is 0 Å². The first-order chi connectivity index (χ1) is 12.9. The fourth-order valence-corrected chi connectivity index (χ4v) is 3.37. The summed E-state index contributed by atoms with van der Waals surface area (Å²) >= 11 is 0. The predicted octanol–water partition coefficient (Wildman–Crippen LogP) is 2.55. The Balaban J connectivity index is 1.71. The zero-order chi connectivity index (χ0) is 19.4. The quantitative estimate of drug-likeness (QED) is 0.592. The van der Waals surface area contributed by atoms with Crippen molar-refractivity contribution >= 4 is 17.6 Å². The van der Waals surface area contributed by atoms with Crippen molar-refractivity contribution in [1.82, 2.24) is 15.1 Å². The molecule has 0 radical (unpaired) electrons. The van der Waals surface area contributed by atoms with Crippen molar-refractivity contribution in [2.75, 3.05) is 6.54 Å². The number of non-ortho nitro benzene ring substituents is 1. The summed E-state index contributed by atoms with van der Waals surface area (Å²) in [4.78, 5) is 34.4. The molecule has 1 heterocycles. The lowest BCUT2D eigenvalue weighted by Gasteiger charge is -2.33. The lowest BCUT2D eigenvalue weighted by Crippen LogP contribution is -2.44. The number of benzene rings is 1. The van der Waals surface area contributed by atoms with Crippen LogP contribution in [0.3, 0.4) is 0 Å². The molecule has 0 spiro atoms. The molecule has 9 nitrogen and oxygen atoms in total. The monoisotopic (exact) mass is 372 g/mol. The van der Waals surface area contributed by atoms with Crippen LogP contribution in [0, 0.1) is 15.5 Å². The minimum atomic E-state index is -0.920. The van der Waals surface area contributed by atoms with Gasteiger partial charge in [0.1, 0.15) is 0 Å². The Hall–Kier alpha value is -3.23. The van der Waals surface area contributed by atoms with Crippen LogP contribution < -0.4 is 5.32 Å². The number of aliphatic carboxylic acids is 1. The molecule has 1 aromatic heterocycles. The molecule has 27 heavy (non-hydrogen) atoms. The molecule has 2 N–H and O–H groups in total. The molecule has 1 amide bonds. The van der Waals surface area contributed by atoms with Gasteiger partial charge in [0.25, 0.3) is 11.6 Å². The Labute approximate surface area is 155 Å². The van der Waals surface area contributed by atoms with Crippen LogP contribution in [-0.4, -0.2) is 38.2 Å².